The van der Waals surface area contributed by atoms with Gasteiger partial charge in [0.25, 0.3) is 15.9 Å². The maximum atomic E-state index is 14.4. The van der Waals surface area contributed by atoms with Gasteiger partial charge >= 0.3 is 0 Å². The lowest BCUT2D eigenvalue weighted by molar-refractivity contribution is 0.0951. The molecular weight excluding hydrogens is 431 g/mol. The summed E-state index contributed by atoms with van der Waals surface area (Å²) in [6.45, 7) is 0.111. The molecule has 0 aliphatic heterocycles. The molecule has 1 aromatic heterocycles. The Labute approximate surface area is 184 Å². The molecule has 0 aliphatic rings. The van der Waals surface area contributed by atoms with Gasteiger partial charge in [-0.25, -0.2) is 17.8 Å². The number of carbonyl (C=O) groups excluding carboxylic acids is 1. The predicted octanol–water partition coefficient (Wildman–Crippen LogP) is 3.74. The topological polar surface area (TPSA) is 93.1 Å². The third-order valence-corrected chi connectivity index (χ3v) is 6.08. The summed E-state index contributed by atoms with van der Waals surface area (Å²) in [5, 5.41) is 2.72. The lowest BCUT2D eigenvalue weighted by Crippen LogP contribution is -2.23. The summed E-state index contributed by atoms with van der Waals surface area (Å²) in [4.78, 5) is 16.6. The normalized spacial score (nSPS) is 11.2. The molecule has 0 atom stereocenters. The van der Waals surface area contributed by atoms with Crippen LogP contribution in [0.5, 0.6) is 0 Å². The zero-order chi connectivity index (χ0) is 22.6. The second-order valence-electron chi connectivity index (χ2n) is 6.94. The van der Waals surface area contributed by atoms with E-state index in [0.29, 0.717) is 11.3 Å². The number of nitrogens with zero attached hydrogens (tertiary/aromatic N) is 2. The zero-order valence-corrected chi connectivity index (χ0v) is 17.6. The number of halogens is 1. The van der Waals surface area contributed by atoms with Gasteiger partial charge in [-0.1, -0.05) is 30.3 Å². The molecule has 7 nitrogen and oxygen atoms in total. The number of carbonyl (C=O) groups is 1. The molecule has 0 aliphatic carbocycles. The van der Waals surface area contributed by atoms with Crippen LogP contribution in [0.2, 0.25) is 0 Å². The summed E-state index contributed by atoms with van der Waals surface area (Å²) in [5.74, 6) is -0.850. The highest BCUT2D eigenvalue weighted by molar-refractivity contribution is 7.92. The highest BCUT2D eigenvalue weighted by atomic mass is 32.2. The summed E-state index contributed by atoms with van der Waals surface area (Å²) in [6.07, 6.45) is 4.69. The Balaban J connectivity index is 1.43. The summed E-state index contributed by atoms with van der Waals surface area (Å²) >= 11 is 0. The van der Waals surface area contributed by atoms with Crippen LogP contribution in [0.15, 0.2) is 96.4 Å². The number of anilines is 1. The molecule has 0 unspecified atom stereocenters. The Morgan fingerprint density at radius 3 is 2.53 bits per heavy atom. The lowest BCUT2D eigenvalue weighted by Gasteiger charge is -2.11. The molecule has 4 rings (SSSR count). The number of amides is 1. The molecule has 0 spiro atoms. The average Bonchev–Trinajstić information content (AvgIpc) is 3.32. The van der Waals surface area contributed by atoms with Crippen molar-refractivity contribution < 1.29 is 17.6 Å². The predicted molar refractivity (Wildman–Crippen MR) is 118 cm³/mol. The van der Waals surface area contributed by atoms with Crippen LogP contribution < -0.4 is 10.0 Å². The van der Waals surface area contributed by atoms with Crippen molar-refractivity contribution >= 4 is 21.6 Å². The summed E-state index contributed by atoms with van der Waals surface area (Å²) in [6, 6.07) is 18.8. The fraction of sp³-hybridized carbons (Fsp3) is 0.0435. The molecular formula is C23H19FN4O3S. The summed E-state index contributed by atoms with van der Waals surface area (Å²) in [5.41, 5.74) is 1.47. The highest BCUT2D eigenvalue weighted by Gasteiger charge is 2.15. The molecule has 0 fully saturated rings. The number of imidazole rings is 1. The minimum absolute atomic E-state index is 0.111. The van der Waals surface area contributed by atoms with Gasteiger partial charge in [-0.3, -0.25) is 9.52 Å². The van der Waals surface area contributed by atoms with Gasteiger partial charge in [0.2, 0.25) is 0 Å². The van der Waals surface area contributed by atoms with E-state index in [-0.39, 0.29) is 22.7 Å². The third-order valence-electron chi connectivity index (χ3n) is 4.68. The maximum Gasteiger partial charge on any atom is 0.261 e. The van der Waals surface area contributed by atoms with Crippen molar-refractivity contribution in [2.45, 2.75) is 11.4 Å². The van der Waals surface area contributed by atoms with Crippen molar-refractivity contribution in [2.24, 2.45) is 0 Å². The minimum atomic E-state index is -3.77. The number of hydrogen-bond donors (Lipinski definition) is 2. The highest BCUT2D eigenvalue weighted by Crippen LogP contribution is 2.18. The monoisotopic (exact) mass is 450 g/mol. The molecule has 9 heteroatoms. The van der Waals surface area contributed by atoms with Crippen molar-refractivity contribution in [1.82, 2.24) is 14.9 Å². The fourth-order valence-corrected chi connectivity index (χ4v) is 4.16. The second kappa shape index (κ2) is 9.03. The van der Waals surface area contributed by atoms with Crippen LogP contribution in [0.4, 0.5) is 10.1 Å². The number of sulfonamides is 1. The van der Waals surface area contributed by atoms with E-state index in [4.69, 9.17) is 0 Å². The van der Waals surface area contributed by atoms with Crippen LogP contribution in [-0.2, 0) is 16.6 Å². The average molecular weight is 450 g/mol. The molecule has 4 aromatic rings. The number of hydrogen-bond acceptors (Lipinski definition) is 4. The quantitative estimate of drug-likeness (QED) is 0.449. The van der Waals surface area contributed by atoms with Crippen LogP contribution in [0.1, 0.15) is 15.9 Å². The van der Waals surface area contributed by atoms with Gasteiger partial charge in [0.1, 0.15) is 5.82 Å². The second-order valence-corrected chi connectivity index (χ2v) is 8.62. The Morgan fingerprint density at radius 1 is 1.00 bits per heavy atom. The molecule has 0 saturated heterocycles. The molecule has 162 valence electrons. The number of nitrogens with one attached hydrogen (secondary N) is 2. The number of benzene rings is 3. The van der Waals surface area contributed by atoms with Crippen LogP contribution in [0.3, 0.4) is 0 Å². The van der Waals surface area contributed by atoms with Crippen molar-refractivity contribution in [2.75, 3.05) is 4.72 Å². The van der Waals surface area contributed by atoms with Crippen molar-refractivity contribution in [3.05, 3.63) is 108 Å². The van der Waals surface area contributed by atoms with Gasteiger partial charge in [-0.15, -0.1) is 0 Å². The van der Waals surface area contributed by atoms with Crippen molar-refractivity contribution in [1.29, 1.82) is 0 Å². The summed E-state index contributed by atoms with van der Waals surface area (Å²) in [7, 11) is -3.77. The third kappa shape index (κ3) is 4.84. The first-order chi connectivity index (χ1) is 15.4. The zero-order valence-electron chi connectivity index (χ0n) is 16.8. The largest absolute Gasteiger partial charge is 0.348 e. The summed E-state index contributed by atoms with van der Waals surface area (Å²) < 4.78 is 43.4. The lowest BCUT2D eigenvalue weighted by atomic mass is 10.1. The van der Waals surface area contributed by atoms with E-state index in [2.05, 4.69) is 15.0 Å². The Bertz CT molecular complexity index is 1340. The fourth-order valence-electron chi connectivity index (χ4n) is 3.09. The Morgan fingerprint density at radius 2 is 1.81 bits per heavy atom. The molecule has 1 amide bonds. The molecule has 0 bridgehead atoms. The van der Waals surface area contributed by atoms with E-state index >= 15 is 0 Å². The van der Waals surface area contributed by atoms with E-state index in [1.807, 2.05) is 0 Å². The SMILES string of the molecule is O=C(NCc1ccc(-n2ccnc2)c(F)c1)c1cccc(NS(=O)(=O)c2ccccc2)c1. The van der Waals surface area contributed by atoms with E-state index in [9.17, 15) is 17.6 Å². The Hall–Kier alpha value is -3.98. The minimum Gasteiger partial charge on any atom is -0.348 e. The molecule has 1 heterocycles. The molecule has 0 saturated carbocycles. The number of rotatable bonds is 7. The van der Waals surface area contributed by atoms with Gasteiger partial charge in [-0.2, -0.15) is 0 Å². The maximum absolute atomic E-state index is 14.4. The standard InChI is InChI=1S/C23H19FN4O3S/c24-21-13-17(9-10-22(21)28-12-11-25-16-28)15-26-23(29)18-5-4-6-19(14-18)27-32(30,31)20-7-2-1-3-8-20/h1-14,16,27H,15H2,(H,26,29). The van der Waals surface area contributed by atoms with E-state index in [1.54, 1.807) is 65.5 Å². The first-order valence-corrected chi connectivity index (χ1v) is 11.1. The van der Waals surface area contributed by atoms with Gasteiger partial charge < -0.3 is 9.88 Å². The molecule has 3 aromatic carbocycles. The van der Waals surface area contributed by atoms with Crippen LogP contribution in [0.25, 0.3) is 5.69 Å². The van der Waals surface area contributed by atoms with Gasteiger partial charge in [0, 0.05) is 30.2 Å². The van der Waals surface area contributed by atoms with Gasteiger partial charge in [-0.05, 0) is 48.0 Å². The van der Waals surface area contributed by atoms with E-state index < -0.39 is 21.7 Å². The molecule has 0 radical (unpaired) electrons. The van der Waals surface area contributed by atoms with Gasteiger partial charge in [0.15, 0.2) is 0 Å². The number of aromatic nitrogens is 2. The molecule has 2 N–H and O–H groups in total. The Kier molecular flexibility index (Phi) is 6.00. The van der Waals surface area contributed by atoms with Crippen LogP contribution >= 0.6 is 0 Å². The first kappa shape index (κ1) is 21.3. The van der Waals surface area contributed by atoms with Crippen molar-refractivity contribution in [3.8, 4) is 5.69 Å². The van der Waals surface area contributed by atoms with Crippen LogP contribution in [0, 0.1) is 5.82 Å². The van der Waals surface area contributed by atoms with Crippen LogP contribution in [-0.4, -0.2) is 23.9 Å². The van der Waals surface area contributed by atoms with E-state index in [0.717, 1.165) is 0 Å². The first-order valence-electron chi connectivity index (χ1n) is 9.65. The van der Waals surface area contributed by atoms with E-state index in [1.165, 1.54) is 30.6 Å². The smallest absolute Gasteiger partial charge is 0.261 e. The van der Waals surface area contributed by atoms with Crippen molar-refractivity contribution in [3.63, 3.8) is 0 Å². The van der Waals surface area contributed by atoms with Gasteiger partial charge in [0.05, 0.1) is 16.9 Å². The molecule has 32 heavy (non-hydrogen) atoms.